The molecule has 1 aromatic rings. The predicted octanol–water partition coefficient (Wildman–Crippen LogP) is 2.81. The summed E-state index contributed by atoms with van der Waals surface area (Å²) in [6.07, 6.45) is 0. The van der Waals surface area contributed by atoms with Crippen LogP contribution in [0.15, 0.2) is 40.7 Å². The number of aliphatic carboxylic acids is 1. The van der Waals surface area contributed by atoms with Crippen molar-refractivity contribution >= 4 is 35.0 Å². The molecule has 7 heteroatoms. The van der Waals surface area contributed by atoms with Gasteiger partial charge in [-0.2, -0.15) is 0 Å². The van der Waals surface area contributed by atoms with Gasteiger partial charge in [-0.1, -0.05) is 29.3 Å². The Morgan fingerprint density at radius 2 is 1.92 bits per heavy atom. The Labute approximate surface area is 149 Å². The lowest BCUT2D eigenvalue weighted by Gasteiger charge is -2.36. The van der Waals surface area contributed by atoms with Gasteiger partial charge in [0, 0.05) is 39.1 Å². The van der Waals surface area contributed by atoms with Crippen molar-refractivity contribution in [2.75, 3.05) is 20.1 Å². The quantitative estimate of drug-likeness (QED) is 0.841. The second-order valence-corrected chi connectivity index (χ2v) is 6.84. The summed E-state index contributed by atoms with van der Waals surface area (Å²) in [5.74, 6) is -2.00. The number of carbonyl (C=O) groups excluding carboxylic acids is 1. The molecule has 0 saturated carbocycles. The van der Waals surface area contributed by atoms with Gasteiger partial charge < -0.3 is 10.4 Å². The van der Waals surface area contributed by atoms with E-state index in [0.717, 1.165) is 0 Å². The van der Waals surface area contributed by atoms with Gasteiger partial charge in [0.15, 0.2) is 5.78 Å². The van der Waals surface area contributed by atoms with Crippen LogP contribution in [0.3, 0.4) is 0 Å². The molecule has 126 valence electrons. The fourth-order valence-electron chi connectivity index (χ4n) is 3.37. The SMILES string of the molecule is CC1=C(C(=O)O)C(c2c(Cl)cccc2Cl)C2=C(CN(C)CC2=O)N1. The normalized spacial score (nSPS) is 21.7. The van der Waals surface area contributed by atoms with E-state index in [1.54, 1.807) is 25.1 Å². The summed E-state index contributed by atoms with van der Waals surface area (Å²) < 4.78 is 0. The number of carboxylic acids is 1. The van der Waals surface area contributed by atoms with Crippen LogP contribution in [-0.4, -0.2) is 41.9 Å². The zero-order valence-electron chi connectivity index (χ0n) is 13.2. The maximum Gasteiger partial charge on any atom is 0.334 e. The molecule has 2 aliphatic rings. The highest BCUT2D eigenvalue weighted by Crippen LogP contribution is 2.45. The van der Waals surface area contributed by atoms with E-state index < -0.39 is 11.9 Å². The highest BCUT2D eigenvalue weighted by Gasteiger charge is 2.41. The van der Waals surface area contributed by atoms with Crippen molar-refractivity contribution in [2.45, 2.75) is 12.8 Å². The third-order valence-electron chi connectivity index (χ3n) is 4.31. The summed E-state index contributed by atoms with van der Waals surface area (Å²) >= 11 is 12.6. The number of Topliss-reactive ketones (excluding diaryl/α,β-unsaturated/α-hetero) is 1. The molecule has 0 bridgehead atoms. The molecule has 2 N–H and O–H groups in total. The number of nitrogens with one attached hydrogen (secondary N) is 1. The van der Waals surface area contributed by atoms with E-state index in [-0.39, 0.29) is 17.9 Å². The number of likely N-dealkylation sites (N-methyl/N-ethyl adjacent to an activating group) is 1. The van der Waals surface area contributed by atoms with E-state index >= 15 is 0 Å². The summed E-state index contributed by atoms with van der Waals surface area (Å²) in [7, 11) is 1.84. The summed E-state index contributed by atoms with van der Waals surface area (Å²) in [5.41, 5.74) is 2.19. The van der Waals surface area contributed by atoms with Crippen molar-refractivity contribution < 1.29 is 14.7 Å². The average molecular weight is 367 g/mol. The van der Waals surface area contributed by atoms with E-state index in [1.165, 1.54) is 0 Å². The van der Waals surface area contributed by atoms with Crippen molar-refractivity contribution in [3.63, 3.8) is 0 Å². The number of dihydropyridines is 1. The first-order valence-electron chi connectivity index (χ1n) is 7.41. The number of hydrogen-bond acceptors (Lipinski definition) is 4. The Balaban J connectivity index is 2.29. The Morgan fingerprint density at radius 1 is 1.29 bits per heavy atom. The topological polar surface area (TPSA) is 69.6 Å². The molecule has 2 heterocycles. The third-order valence-corrected chi connectivity index (χ3v) is 4.96. The van der Waals surface area contributed by atoms with Crippen LogP contribution in [0.25, 0.3) is 0 Å². The largest absolute Gasteiger partial charge is 0.478 e. The molecule has 1 atom stereocenters. The minimum absolute atomic E-state index is 0.0988. The molecule has 0 spiro atoms. The van der Waals surface area contributed by atoms with Crippen LogP contribution < -0.4 is 5.32 Å². The summed E-state index contributed by atoms with van der Waals surface area (Å²) in [4.78, 5) is 26.4. The molecule has 24 heavy (non-hydrogen) atoms. The minimum Gasteiger partial charge on any atom is -0.478 e. The van der Waals surface area contributed by atoms with E-state index in [2.05, 4.69) is 5.32 Å². The highest BCUT2D eigenvalue weighted by atomic mass is 35.5. The van der Waals surface area contributed by atoms with Crippen LogP contribution in [0.5, 0.6) is 0 Å². The summed E-state index contributed by atoms with van der Waals surface area (Å²) in [5, 5.41) is 13.5. The predicted molar refractivity (Wildman–Crippen MR) is 92.2 cm³/mol. The molecule has 0 aliphatic carbocycles. The standard InChI is InChI=1S/C17H16Cl2N2O3/c1-8-13(17(23)24)16(14-9(18)4-3-5-10(14)19)15-11(20-8)6-21(2)7-12(15)22/h3-5,16,20H,6-7H2,1-2H3,(H,23,24). The van der Waals surface area contributed by atoms with Gasteiger partial charge in [0.25, 0.3) is 0 Å². The zero-order chi connectivity index (χ0) is 17.6. The Kier molecular flexibility index (Phi) is 4.42. The number of nitrogens with zero attached hydrogens (tertiary/aromatic N) is 1. The van der Waals surface area contributed by atoms with Crippen LogP contribution in [0.2, 0.25) is 10.0 Å². The van der Waals surface area contributed by atoms with Gasteiger partial charge in [0.05, 0.1) is 18.0 Å². The Hall–Kier alpha value is -1.82. The maximum absolute atomic E-state index is 12.7. The molecule has 0 amide bonds. The average Bonchev–Trinajstić information content (AvgIpc) is 2.45. The molecule has 0 aromatic heterocycles. The first-order chi connectivity index (χ1) is 11.3. The van der Waals surface area contributed by atoms with Crippen molar-refractivity contribution in [2.24, 2.45) is 0 Å². The molecule has 0 radical (unpaired) electrons. The maximum atomic E-state index is 12.7. The number of rotatable bonds is 2. The lowest BCUT2D eigenvalue weighted by molar-refractivity contribution is -0.133. The summed E-state index contributed by atoms with van der Waals surface area (Å²) in [6.45, 7) is 2.44. The van der Waals surface area contributed by atoms with Gasteiger partial charge in [0.2, 0.25) is 0 Å². The second kappa shape index (κ2) is 6.24. The Bertz CT molecular complexity index is 794. The van der Waals surface area contributed by atoms with Gasteiger partial charge in [-0.15, -0.1) is 0 Å². The molecular formula is C17H16Cl2N2O3. The number of ketones is 1. The van der Waals surface area contributed by atoms with Gasteiger partial charge in [0.1, 0.15) is 0 Å². The fraction of sp³-hybridized carbons (Fsp3) is 0.294. The fourth-order valence-corrected chi connectivity index (χ4v) is 3.98. The molecule has 0 fully saturated rings. The van der Waals surface area contributed by atoms with Crippen LogP contribution in [0.4, 0.5) is 0 Å². The van der Waals surface area contributed by atoms with E-state index in [9.17, 15) is 14.7 Å². The molecular weight excluding hydrogens is 351 g/mol. The van der Waals surface area contributed by atoms with E-state index in [1.807, 2.05) is 11.9 Å². The lowest BCUT2D eigenvalue weighted by atomic mass is 9.77. The first kappa shape index (κ1) is 17.0. The molecule has 1 unspecified atom stereocenters. The van der Waals surface area contributed by atoms with Crippen LogP contribution >= 0.6 is 23.2 Å². The molecule has 0 saturated heterocycles. The molecule has 2 aliphatic heterocycles. The van der Waals surface area contributed by atoms with E-state index in [4.69, 9.17) is 23.2 Å². The minimum atomic E-state index is -1.10. The molecule has 5 nitrogen and oxygen atoms in total. The molecule has 3 rings (SSSR count). The van der Waals surface area contributed by atoms with Gasteiger partial charge >= 0.3 is 5.97 Å². The van der Waals surface area contributed by atoms with Gasteiger partial charge in [-0.05, 0) is 26.1 Å². The van der Waals surface area contributed by atoms with Crippen LogP contribution in [-0.2, 0) is 9.59 Å². The number of carbonyl (C=O) groups is 2. The lowest BCUT2D eigenvalue weighted by Crippen LogP contribution is -2.43. The Morgan fingerprint density at radius 3 is 2.50 bits per heavy atom. The summed E-state index contributed by atoms with van der Waals surface area (Å²) in [6, 6.07) is 5.00. The highest BCUT2D eigenvalue weighted by molar-refractivity contribution is 6.36. The molecule has 1 aromatic carbocycles. The monoisotopic (exact) mass is 366 g/mol. The number of halogens is 2. The van der Waals surface area contributed by atoms with Crippen LogP contribution in [0, 0.1) is 0 Å². The number of benzene rings is 1. The number of hydrogen-bond donors (Lipinski definition) is 2. The van der Waals surface area contributed by atoms with Gasteiger partial charge in [-0.3, -0.25) is 9.69 Å². The third kappa shape index (κ3) is 2.73. The van der Waals surface area contributed by atoms with E-state index in [0.29, 0.717) is 39.1 Å². The van der Waals surface area contributed by atoms with Crippen molar-refractivity contribution in [1.82, 2.24) is 10.2 Å². The van der Waals surface area contributed by atoms with Crippen LogP contribution in [0.1, 0.15) is 18.4 Å². The smallest absolute Gasteiger partial charge is 0.334 e. The van der Waals surface area contributed by atoms with Gasteiger partial charge in [-0.25, -0.2) is 4.79 Å². The number of carboxylic acid groups (broad SMARTS) is 1. The van der Waals surface area contributed by atoms with Crippen molar-refractivity contribution in [1.29, 1.82) is 0 Å². The second-order valence-electron chi connectivity index (χ2n) is 6.02. The zero-order valence-corrected chi connectivity index (χ0v) is 14.7. The van der Waals surface area contributed by atoms with Crippen molar-refractivity contribution in [3.8, 4) is 0 Å². The first-order valence-corrected chi connectivity index (χ1v) is 8.16. The number of allylic oxidation sites excluding steroid dienone is 1. The van der Waals surface area contributed by atoms with Crippen molar-refractivity contribution in [3.05, 3.63) is 56.3 Å².